The van der Waals surface area contributed by atoms with E-state index in [2.05, 4.69) is 13.8 Å². The Bertz CT molecular complexity index is 583. The van der Waals surface area contributed by atoms with Crippen LogP contribution in [0.2, 0.25) is 0 Å². The number of aliphatic hydroxyl groups is 1. The van der Waals surface area contributed by atoms with Crippen LogP contribution < -0.4 is 0 Å². The maximum atomic E-state index is 12.4. The first-order valence-electron chi connectivity index (χ1n) is 8.16. The van der Waals surface area contributed by atoms with E-state index in [1.165, 1.54) is 12.5 Å². The van der Waals surface area contributed by atoms with Crippen LogP contribution >= 0.6 is 0 Å². The fourth-order valence-electron chi connectivity index (χ4n) is 2.87. The van der Waals surface area contributed by atoms with Gasteiger partial charge in [-0.3, -0.25) is 9.59 Å². The first kappa shape index (κ1) is 16.5. The topological polar surface area (TPSA) is 54.4 Å². The first-order valence-corrected chi connectivity index (χ1v) is 8.16. The summed E-state index contributed by atoms with van der Waals surface area (Å²) < 4.78 is 0. The molecule has 1 aliphatic carbocycles. The Hall–Kier alpha value is -1.90. The number of Topliss-reactive ketones (excluding diaryl/α,β-unsaturated/α-hetero) is 2. The van der Waals surface area contributed by atoms with Crippen LogP contribution in [-0.2, 0) is 12.8 Å². The molecular weight excluding hydrogens is 276 g/mol. The van der Waals surface area contributed by atoms with E-state index in [1.807, 2.05) is 12.1 Å². The molecule has 1 aromatic carbocycles. The van der Waals surface area contributed by atoms with E-state index < -0.39 is 11.5 Å². The third-order valence-electron chi connectivity index (χ3n) is 4.34. The third-order valence-corrected chi connectivity index (χ3v) is 4.34. The van der Waals surface area contributed by atoms with Crippen molar-refractivity contribution in [2.24, 2.45) is 0 Å². The van der Waals surface area contributed by atoms with Crippen molar-refractivity contribution in [1.29, 1.82) is 0 Å². The largest absolute Gasteiger partial charge is 0.504 e. The molecule has 2 rings (SSSR count). The zero-order valence-electron chi connectivity index (χ0n) is 13.7. The molecule has 1 N–H and O–H groups in total. The summed E-state index contributed by atoms with van der Waals surface area (Å²) >= 11 is 0. The van der Waals surface area contributed by atoms with Gasteiger partial charge in [0.05, 0.1) is 0 Å². The number of carbonyl (C=O) groups excluding carboxylic acids is 2. The Labute approximate surface area is 132 Å². The fraction of sp³-hybridized carbons (Fsp3) is 0.474. The van der Waals surface area contributed by atoms with Gasteiger partial charge in [0.15, 0.2) is 11.5 Å². The van der Waals surface area contributed by atoms with Gasteiger partial charge in [-0.25, -0.2) is 0 Å². The summed E-state index contributed by atoms with van der Waals surface area (Å²) in [5, 5.41) is 9.85. The summed E-state index contributed by atoms with van der Waals surface area (Å²) in [7, 11) is 0. The van der Waals surface area contributed by atoms with Crippen LogP contribution in [0.15, 0.2) is 23.5 Å². The summed E-state index contributed by atoms with van der Waals surface area (Å²) in [6.45, 7) is 5.79. The molecule has 0 radical (unpaired) electrons. The standard InChI is InChI=1S/C19H24O3/c1-4-6-8-13-10-15-16(11-14(13)9-7-5-2)19(22)18(21)12(3)17(15)20/h10-11,21H,4-9H2,1-3H3. The van der Waals surface area contributed by atoms with Crippen molar-refractivity contribution in [3.8, 4) is 0 Å². The van der Waals surface area contributed by atoms with Gasteiger partial charge in [0.25, 0.3) is 0 Å². The molecule has 0 fully saturated rings. The lowest BCUT2D eigenvalue weighted by atomic mass is 9.84. The molecule has 0 aliphatic heterocycles. The number of allylic oxidation sites excluding steroid dienone is 2. The second-order valence-electron chi connectivity index (χ2n) is 6.01. The predicted octanol–water partition coefficient (Wildman–Crippen LogP) is 4.58. The molecule has 0 amide bonds. The van der Waals surface area contributed by atoms with E-state index in [4.69, 9.17) is 0 Å². The zero-order valence-corrected chi connectivity index (χ0v) is 13.7. The number of benzene rings is 1. The summed E-state index contributed by atoms with van der Waals surface area (Å²) in [6, 6.07) is 3.71. The Morgan fingerprint density at radius 3 is 1.77 bits per heavy atom. The van der Waals surface area contributed by atoms with Gasteiger partial charge in [-0.1, -0.05) is 26.7 Å². The normalized spacial score (nSPS) is 14.5. The average Bonchev–Trinajstić information content (AvgIpc) is 2.54. The number of carbonyl (C=O) groups is 2. The van der Waals surface area contributed by atoms with Crippen molar-refractivity contribution < 1.29 is 14.7 Å². The minimum Gasteiger partial charge on any atom is -0.504 e. The van der Waals surface area contributed by atoms with Gasteiger partial charge in [-0.2, -0.15) is 0 Å². The number of unbranched alkanes of at least 4 members (excludes halogenated alkanes) is 2. The van der Waals surface area contributed by atoms with E-state index in [0.29, 0.717) is 11.1 Å². The Balaban J connectivity index is 2.51. The highest BCUT2D eigenvalue weighted by Crippen LogP contribution is 2.29. The zero-order chi connectivity index (χ0) is 16.3. The minimum atomic E-state index is -0.424. The van der Waals surface area contributed by atoms with Crippen LogP contribution in [0, 0.1) is 0 Å². The fourth-order valence-corrected chi connectivity index (χ4v) is 2.87. The van der Waals surface area contributed by atoms with Crippen molar-refractivity contribution in [1.82, 2.24) is 0 Å². The molecule has 22 heavy (non-hydrogen) atoms. The molecule has 0 aromatic heterocycles. The maximum absolute atomic E-state index is 12.4. The highest BCUT2D eigenvalue weighted by Gasteiger charge is 2.30. The van der Waals surface area contributed by atoms with Gasteiger partial charge in [0.1, 0.15) is 0 Å². The summed E-state index contributed by atoms with van der Waals surface area (Å²) in [4.78, 5) is 24.6. The molecule has 3 nitrogen and oxygen atoms in total. The van der Waals surface area contributed by atoms with Gasteiger partial charge >= 0.3 is 0 Å². The lowest BCUT2D eigenvalue weighted by Crippen LogP contribution is -2.21. The van der Waals surface area contributed by atoms with E-state index in [9.17, 15) is 14.7 Å². The Kier molecular flexibility index (Phi) is 5.17. The van der Waals surface area contributed by atoms with Crippen molar-refractivity contribution in [2.45, 2.75) is 59.3 Å². The van der Waals surface area contributed by atoms with Crippen LogP contribution in [0.5, 0.6) is 0 Å². The third kappa shape index (κ3) is 2.99. The van der Waals surface area contributed by atoms with Crippen LogP contribution in [0.25, 0.3) is 0 Å². The number of ketones is 2. The van der Waals surface area contributed by atoms with Gasteiger partial charge in [0, 0.05) is 16.7 Å². The van der Waals surface area contributed by atoms with Crippen LogP contribution in [-0.4, -0.2) is 16.7 Å². The second kappa shape index (κ2) is 6.91. The number of rotatable bonds is 6. The predicted molar refractivity (Wildman–Crippen MR) is 87.7 cm³/mol. The smallest absolute Gasteiger partial charge is 0.228 e. The van der Waals surface area contributed by atoms with Crippen molar-refractivity contribution in [2.75, 3.05) is 0 Å². The quantitative estimate of drug-likeness (QED) is 0.836. The molecule has 3 heteroatoms. The van der Waals surface area contributed by atoms with E-state index >= 15 is 0 Å². The molecule has 0 saturated carbocycles. The molecule has 0 saturated heterocycles. The molecule has 0 atom stereocenters. The van der Waals surface area contributed by atoms with Crippen LogP contribution in [0.1, 0.15) is 78.3 Å². The minimum absolute atomic E-state index is 0.153. The highest BCUT2D eigenvalue weighted by molar-refractivity contribution is 6.25. The number of fused-ring (bicyclic) bond motifs is 1. The SMILES string of the molecule is CCCCc1cc2c(cc1CCCC)C(=O)C(O)=C(C)C2=O. The summed E-state index contributed by atoms with van der Waals surface area (Å²) in [6.07, 6.45) is 6.14. The number of aliphatic hydroxyl groups excluding tert-OH is 1. The van der Waals surface area contributed by atoms with E-state index in [1.54, 1.807) is 0 Å². The second-order valence-corrected chi connectivity index (χ2v) is 6.01. The van der Waals surface area contributed by atoms with Gasteiger partial charge in [0.2, 0.25) is 5.78 Å². The first-order chi connectivity index (χ1) is 10.5. The van der Waals surface area contributed by atoms with Crippen LogP contribution in [0.3, 0.4) is 0 Å². The summed E-state index contributed by atoms with van der Waals surface area (Å²) in [5.41, 5.74) is 3.28. The van der Waals surface area contributed by atoms with Gasteiger partial charge in [-0.05, 0) is 55.9 Å². The molecule has 0 heterocycles. The molecule has 0 spiro atoms. The van der Waals surface area contributed by atoms with Gasteiger partial charge in [-0.15, -0.1) is 0 Å². The maximum Gasteiger partial charge on any atom is 0.228 e. The van der Waals surface area contributed by atoms with Gasteiger partial charge < -0.3 is 5.11 Å². The molecule has 0 bridgehead atoms. The molecule has 1 aromatic rings. The average molecular weight is 300 g/mol. The van der Waals surface area contributed by atoms with Crippen LogP contribution in [0.4, 0.5) is 0 Å². The Morgan fingerprint density at radius 2 is 1.32 bits per heavy atom. The summed E-state index contributed by atoms with van der Waals surface area (Å²) in [5.74, 6) is -1.06. The van der Waals surface area contributed by atoms with E-state index in [0.717, 1.165) is 44.1 Å². The number of hydrogen-bond donors (Lipinski definition) is 1. The van der Waals surface area contributed by atoms with E-state index in [-0.39, 0.29) is 11.4 Å². The van der Waals surface area contributed by atoms with Crippen molar-refractivity contribution >= 4 is 11.6 Å². The molecule has 118 valence electrons. The van der Waals surface area contributed by atoms with Crippen molar-refractivity contribution in [3.63, 3.8) is 0 Å². The number of aryl methyl sites for hydroxylation is 2. The lowest BCUT2D eigenvalue weighted by molar-refractivity contribution is 0.0929. The van der Waals surface area contributed by atoms with Crippen molar-refractivity contribution in [3.05, 3.63) is 45.7 Å². The molecule has 0 unspecified atom stereocenters. The number of hydrogen-bond acceptors (Lipinski definition) is 3. The lowest BCUT2D eigenvalue weighted by Gasteiger charge is -2.19. The Morgan fingerprint density at radius 1 is 0.864 bits per heavy atom. The molecular formula is C19H24O3. The highest BCUT2D eigenvalue weighted by atomic mass is 16.3. The monoisotopic (exact) mass is 300 g/mol. The molecule has 1 aliphatic rings.